The summed E-state index contributed by atoms with van der Waals surface area (Å²) < 4.78 is 4.77. The van der Waals surface area contributed by atoms with Crippen molar-refractivity contribution in [3.05, 3.63) is 34.9 Å². The standard InChI is InChI=1S/C24H40N2O5S/c1-6-31-22(27)13-15-25-24(30)26-21(23(28)29)17-32-16-14-20(5)12-8-11-19(4)10-7-9-18(2)3/h9,11,14,21H,6-8,10,12-13,15-17H2,1-5H3,(H,28,29)(H2,25,26,30). The van der Waals surface area contributed by atoms with Crippen LogP contribution in [0, 0.1) is 0 Å². The lowest BCUT2D eigenvalue weighted by molar-refractivity contribution is -0.143. The molecule has 182 valence electrons. The van der Waals surface area contributed by atoms with Crippen LogP contribution < -0.4 is 10.6 Å². The van der Waals surface area contributed by atoms with E-state index in [1.807, 2.05) is 0 Å². The first-order chi connectivity index (χ1) is 15.1. The Kier molecular flexibility index (Phi) is 17.1. The molecule has 0 fully saturated rings. The molecule has 0 aliphatic rings. The Morgan fingerprint density at radius 3 is 2.19 bits per heavy atom. The maximum atomic E-state index is 11.8. The molecule has 32 heavy (non-hydrogen) atoms. The van der Waals surface area contributed by atoms with Gasteiger partial charge in [-0.25, -0.2) is 9.59 Å². The third-order valence-electron chi connectivity index (χ3n) is 4.48. The predicted molar refractivity (Wildman–Crippen MR) is 132 cm³/mol. The third kappa shape index (κ3) is 17.5. The lowest BCUT2D eigenvalue weighted by atomic mass is 10.1. The van der Waals surface area contributed by atoms with Gasteiger partial charge in [-0.1, -0.05) is 34.9 Å². The summed E-state index contributed by atoms with van der Waals surface area (Å²) in [6.45, 7) is 10.6. The van der Waals surface area contributed by atoms with E-state index in [4.69, 9.17) is 4.74 Å². The van der Waals surface area contributed by atoms with Crippen LogP contribution in [-0.4, -0.2) is 53.8 Å². The molecular formula is C24H40N2O5S. The highest BCUT2D eigenvalue weighted by Gasteiger charge is 2.19. The zero-order chi connectivity index (χ0) is 24.4. The van der Waals surface area contributed by atoms with Crippen molar-refractivity contribution in [1.82, 2.24) is 10.6 Å². The number of amides is 2. The lowest BCUT2D eigenvalue weighted by Crippen LogP contribution is -2.47. The topological polar surface area (TPSA) is 105 Å². The van der Waals surface area contributed by atoms with E-state index in [1.165, 1.54) is 28.5 Å². The predicted octanol–water partition coefficient (Wildman–Crippen LogP) is 4.84. The van der Waals surface area contributed by atoms with Gasteiger partial charge in [0.05, 0.1) is 13.0 Å². The maximum absolute atomic E-state index is 11.8. The number of esters is 1. The van der Waals surface area contributed by atoms with Crippen LogP contribution in [0.2, 0.25) is 0 Å². The number of carbonyl (C=O) groups is 3. The van der Waals surface area contributed by atoms with Crippen molar-refractivity contribution in [3.63, 3.8) is 0 Å². The van der Waals surface area contributed by atoms with Crippen LogP contribution in [0.5, 0.6) is 0 Å². The molecule has 0 aromatic heterocycles. The normalized spacial score (nSPS) is 12.7. The number of carboxylic acids is 1. The summed E-state index contributed by atoms with van der Waals surface area (Å²) in [5, 5.41) is 14.2. The number of hydrogen-bond donors (Lipinski definition) is 3. The molecule has 0 bridgehead atoms. The van der Waals surface area contributed by atoms with Crippen molar-refractivity contribution in [1.29, 1.82) is 0 Å². The minimum Gasteiger partial charge on any atom is -0.480 e. The van der Waals surface area contributed by atoms with E-state index in [9.17, 15) is 19.5 Å². The van der Waals surface area contributed by atoms with E-state index in [0.29, 0.717) is 5.75 Å². The van der Waals surface area contributed by atoms with Gasteiger partial charge in [0.25, 0.3) is 0 Å². The summed E-state index contributed by atoms with van der Waals surface area (Å²) in [6.07, 6.45) is 10.8. The number of ether oxygens (including phenoxy) is 1. The summed E-state index contributed by atoms with van der Waals surface area (Å²) >= 11 is 1.45. The molecule has 0 heterocycles. The quantitative estimate of drug-likeness (QED) is 0.170. The molecule has 7 nitrogen and oxygen atoms in total. The average Bonchev–Trinajstić information content (AvgIpc) is 2.70. The summed E-state index contributed by atoms with van der Waals surface area (Å²) in [6, 6.07) is -1.61. The van der Waals surface area contributed by atoms with E-state index in [-0.39, 0.29) is 25.3 Å². The Morgan fingerprint density at radius 2 is 1.59 bits per heavy atom. The Balaban J connectivity index is 4.20. The number of hydrogen-bond acceptors (Lipinski definition) is 5. The van der Waals surface area contributed by atoms with Crippen LogP contribution in [0.3, 0.4) is 0 Å². The molecule has 2 amide bonds. The second kappa shape index (κ2) is 18.4. The third-order valence-corrected chi connectivity index (χ3v) is 5.45. The summed E-state index contributed by atoms with van der Waals surface area (Å²) in [7, 11) is 0. The summed E-state index contributed by atoms with van der Waals surface area (Å²) in [4.78, 5) is 34.5. The van der Waals surface area contributed by atoms with Gasteiger partial charge in [0.2, 0.25) is 0 Å². The molecule has 0 radical (unpaired) electrons. The molecule has 0 spiro atoms. The largest absolute Gasteiger partial charge is 0.480 e. The van der Waals surface area contributed by atoms with E-state index >= 15 is 0 Å². The number of thioether (sulfide) groups is 1. The van der Waals surface area contributed by atoms with Gasteiger partial charge in [-0.05, 0) is 60.3 Å². The zero-order valence-electron chi connectivity index (χ0n) is 20.2. The van der Waals surface area contributed by atoms with Gasteiger partial charge in [0, 0.05) is 18.1 Å². The molecule has 0 saturated heterocycles. The first-order valence-corrected chi connectivity index (χ1v) is 12.3. The first kappa shape index (κ1) is 29.8. The number of aliphatic carboxylic acids is 1. The van der Waals surface area contributed by atoms with Crippen LogP contribution in [0.25, 0.3) is 0 Å². The Hall–Kier alpha value is -2.22. The minimum atomic E-state index is -1.09. The minimum absolute atomic E-state index is 0.0436. The van der Waals surface area contributed by atoms with Crippen LogP contribution in [0.4, 0.5) is 4.79 Å². The van der Waals surface area contributed by atoms with Gasteiger partial charge < -0.3 is 20.5 Å². The van der Waals surface area contributed by atoms with Crippen molar-refractivity contribution >= 4 is 29.7 Å². The Morgan fingerprint density at radius 1 is 0.969 bits per heavy atom. The van der Waals surface area contributed by atoms with Crippen LogP contribution >= 0.6 is 11.8 Å². The number of allylic oxidation sites excluding steroid dienone is 5. The molecule has 1 unspecified atom stereocenters. The zero-order valence-corrected chi connectivity index (χ0v) is 21.0. The molecular weight excluding hydrogens is 428 g/mol. The van der Waals surface area contributed by atoms with Gasteiger partial charge in [0.1, 0.15) is 6.04 Å². The van der Waals surface area contributed by atoms with E-state index in [2.05, 4.69) is 56.6 Å². The highest BCUT2D eigenvalue weighted by molar-refractivity contribution is 7.99. The fourth-order valence-corrected chi connectivity index (χ4v) is 3.62. The summed E-state index contributed by atoms with van der Waals surface area (Å²) in [5.74, 6) is -0.555. The fraction of sp³-hybridized carbons (Fsp3) is 0.625. The molecule has 1 atom stereocenters. The monoisotopic (exact) mass is 468 g/mol. The number of nitrogens with one attached hydrogen (secondary N) is 2. The Bertz CT molecular complexity index is 682. The molecule has 0 aromatic rings. The Labute approximate surface area is 197 Å². The van der Waals surface area contributed by atoms with Crippen molar-refractivity contribution in [2.24, 2.45) is 0 Å². The number of urea groups is 1. The smallest absolute Gasteiger partial charge is 0.327 e. The number of rotatable bonds is 16. The van der Waals surface area contributed by atoms with Gasteiger partial charge in [0.15, 0.2) is 0 Å². The van der Waals surface area contributed by atoms with Crippen LogP contribution in [0.1, 0.15) is 66.7 Å². The molecule has 0 aromatic carbocycles. The van der Waals surface area contributed by atoms with Crippen molar-refractivity contribution in [2.75, 3.05) is 24.7 Å². The average molecular weight is 469 g/mol. The van der Waals surface area contributed by atoms with Gasteiger partial charge in [-0.15, -0.1) is 0 Å². The van der Waals surface area contributed by atoms with Crippen molar-refractivity contribution < 1.29 is 24.2 Å². The van der Waals surface area contributed by atoms with Crippen molar-refractivity contribution in [3.8, 4) is 0 Å². The van der Waals surface area contributed by atoms with E-state index < -0.39 is 24.0 Å². The molecule has 0 saturated carbocycles. The van der Waals surface area contributed by atoms with Gasteiger partial charge in [-0.2, -0.15) is 11.8 Å². The van der Waals surface area contributed by atoms with Gasteiger partial charge in [-0.3, -0.25) is 4.79 Å². The second-order valence-corrected chi connectivity index (χ2v) is 8.92. The van der Waals surface area contributed by atoms with Crippen LogP contribution in [-0.2, 0) is 14.3 Å². The number of carboxylic acid groups (broad SMARTS) is 1. The summed E-state index contributed by atoms with van der Waals surface area (Å²) in [5.41, 5.74) is 4.02. The van der Waals surface area contributed by atoms with Crippen molar-refractivity contribution in [2.45, 2.75) is 72.8 Å². The molecule has 8 heteroatoms. The fourth-order valence-electron chi connectivity index (χ4n) is 2.62. The van der Waals surface area contributed by atoms with E-state index in [1.54, 1.807) is 6.92 Å². The van der Waals surface area contributed by atoms with Gasteiger partial charge >= 0.3 is 18.0 Å². The molecule has 3 N–H and O–H groups in total. The molecule has 0 aliphatic carbocycles. The number of carbonyl (C=O) groups excluding carboxylic acids is 2. The van der Waals surface area contributed by atoms with E-state index in [0.717, 1.165) is 25.7 Å². The highest BCUT2D eigenvalue weighted by Crippen LogP contribution is 2.13. The molecule has 0 rings (SSSR count). The second-order valence-electron chi connectivity index (χ2n) is 7.84. The highest BCUT2D eigenvalue weighted by atomic mass is 32.2. The molecule has 0 aliphatic heterocycles. The van der Waals surface area contributed by atoms with Crippen LogP contribution in [0.15, 0.2) is 34.9 Å². The lowest BCUT2D eigenvalue weighted by Gasteiger charge is -2.14. The SMILES string of the molecule is CCOC(=O)CCNC(=O)NC(CSCC=C(C)CCC=C(C)CCC=C(C)C)C(=O)O. The maximum Gasteiger partial charge on any atom is 0.327 e. The first-order valence-electron chi connectivity index (χ1n) is 11.1.